The Hall–Kier alpha value is -0.840. The Morgan fingerprint density at radius 1 is 1.25 bits per heavy atom. The molecule has 0 radical (unpaired) electrons. The summed E-state index contributed by atoms with van der Waals surface area (Å²) in [5, 5.41) is 14.7. The average molecular weight is 298 g/mol. The van der Waals surface area contributed by atoms with E-state index in [2.05, 4.69) is 32.7 Å². The molecule has 0 saturated carbocycles. The minimum atomic E-state index is 0.0359. The van der Waals surface area contributed by atoms with E-state index in [1.165, 1.54) is 4.88 Å². The van der Waals surface area contributed by atoms with Gasteiger partial charge in [-0.05, 0) is 23.6 Å². The molecule has 1 aromatic heterocycles. The molecule has 84 valence electrons. The van der Waals surface area contributed by atoms with Crippen LogP contribution in [0.25, 0.3) is 0 Å². The van der Waals surface area contributed by atoms with Crippen LogP contribution in [-0.2, 0) is 13.2 Å². The van der Waals surface area contributed by atoms with Gasteiger partial charge in [-0.1, -0.05) is 28.1 Å². The van der Waals surface area contributed by atoms with E-state index in [1.807, 2.05) is 24.3 Å². The second-order valence-electron chi connectivity index (χ2n) is 3.36. The summed E-state index contributed by atoms with van der Waals surface area (Å²) < 4.78 is 0.936. The molecule has 0 saturated heterocycles. The van der Waals surface area contributed by atoms with Crippen molar-refractivity contribution in [1.29, 1.82) is 0 Å². The van der Waals surface area contributed by atoms with Crippen LogP contribution in [0.15, 0.2) is 40.2 Å². The summed E-state index contributed by atoms with van der Waals surface area (Å²) in [6.45, 7) is 0.829. The molecular formula is C12H12BrNOS. The zero-order valence-corrected chi connectivity index (χ0v) is 11.0. The molecule has 0 fully saturated rings. The Kier molecular flexibility index (Phi) is 3.98. The van der Waals surface area contributed by atoms with Gasteiger partial charge in [0.1, 0.15) is 0 Å². The lowest BCUT2D eigenvalue weighted by molar-refractivity contribution is 0.281. The number of aliphatic hydroxyl groups is 1. The minimum Gasteiger partial charge on any atom is -0.392 e. The fourth-order valence-corrected chi connectivity index (χ4v) is 2.62. The molecule has 0 aliphatic carbocycles. The summed E-state index contributed by atoms with van der Waals surface area (Å²) in [6, 6.07) is 10.00. The molecule has 2 nitrogen and oxygen atoms in total. The van der Waals surface area contributed by atoms with Crippen LogP contribution >= 0.6 is 27.3 Å². The lowest BCUT2D eigenvalue weighted by atomic mass is 10.2. The monoisotopic (exact) mass is 297 g/mol. The Balaban J connectivity index is 2.12. The van der Waals surface area contributed by atoms with E-state index in [0.29, 0.717) is 0 Å². The van der Waals surface area contributed by atoms with Crippen molar-refractivity contribution in [2.45, 2.75) is 13.2 Å². The summed E-state index contributed by atoms with van der Waals surface area (Å²) in [5.74, 6) is 0. The second-order valence-corrected chi connectivity index (χ2v) is 5.24. The second kappa shape index (κ2) is 5.48. The standard InChI is InChI=1S/C12H12BrNOS/c13-11-4-1-5-12(10(11)8-15)14-7-9-3-2-6-16-9/h1-6,14-15H,7-8H2. The lowest BCUT2D eigenvalue weighted by Crippen LogP contribution is -2.01. The highest BCUT2D eigenvalue weighted by Gasteiger charge is 2.05. The third kappa shape index (κ3) is 2.64. The molecule has 0 atom stereocenters. The van der Waals surface area contributed by atoms with Gasteiger partial charge in [0.2, 0.25) is 0 Å². The van der Waals surface area contributed by atoms with Crippen LogP contribution in [0.5, 0.6) is 0 Å². The molecule has 16 heavy (non-hydrogen) atoms. The first-order valence-electron chi connectivity index (χ1n) is 4.96. The first-order valence-corrected chi connectivity index (χ1v) is 6.63. The molecule has 0 aliphatic heterocycles. The van der Waals surface area contributed by atoms with Gasteiger partial charge in [0.25, 0.3) is 0 Å². The van der Waals surface area contributed by atoms with Gasteiger partial charge in [-0.25, -0.2) is 0 Å². The first-order chi connectivity index (χ1) is 7.81. The molecule has 0 spiro atoms. The number of rotatable bonds is 4. The fourth-order valence-electron chi connectivity index (χ4n) is 1.48. The Morgan fingerprint density at radius 2 is 2.12 bits per heavy atom. The summed E-state index contributed by atoms with van der Waals surface area (Å²) in [4.78, 5) is 1.28. The van der Waals surface area contributed by atoms with Crippen molar-refractivity contribution in [1.82, 2.24) is 0 Å². The quantitative estimate of drug-likeness (QED) is 0.903. The molecule has 2 rings (SSSR count). The zero-order valence-electron chi connectivity index (χ0n) is 8.61. The highest BCUT2D eigenvalue weighted by atomic mass is 79.9. The number of benzene rings is 1. The average Bonchev–Trinajstić information content (AvgIpc) is 2.79. The van der Waals surface area contributed by atoms with Crippen molar-refractivity contribution in [3.05, 3.63) is 50.6 Å². The normalized spacial score (nSPS) is 10.4. The summed E-state index contributed by atoms with van der Waals surface area (Å²) in [5.41, 5.74) is 1.88. The number of hydrogen-bond acceptors (Lipinski definition) is 3. The summed E-state index contributed by atoms with van der Waals surface area (Å²) in [7, 11) is 0. The van der Waals surface area contributed by atoms with Crippen molar-refractivity contribution in [3.63, 3.8) is 0 Å². The number of anilines is 1. The highest BCUT2D eigenvalue weighted by Crippen LogP contribution is 2.25. The molecule has 1 heterocycles. The topological polar surface area (TPSA) is 32.3 Å². The van der Waals surface area contributed by atoms with Crippen LogP contribution in [0, 0.1) is 0 Å². The van der Waals surface area contributed by atoms with Gasteiger partial charge < -0.3 is 10.4 Å². The van der Waals surface area contributed by atoms with Gasteiger partial charge in [-0.3, -0.25) is 0 Å². The van der Waals surface area contributed by atoms with E-state index in [0.717, 1.165) is 22.3 Å². The maximum Gasteiger partial charge on any atom is 0.0713 e. The number of hydrogen-bond donors (Lipinski definition) is 2. The van der Waals surface area contributed by atoms with Crippen molar-refractivity contribution in [2.24, 2.45) is 0 Å². The number of thiophene rings is 1. The summed E-state index contributed by atoms with van der Waals surface area (Å²) >= 11 is 5.15. The summed E-state index contributed by atoms with van der Waals surface area (Å²) in [6.07, 6.45) is 0. The van der Waals surface area contributed by atoms with E-state index in [9.17, 15) is 5.11 Å². The van der Waals surface area contributed by atoms with Gasteiger partial charge in [-0.15, -0.1) is 11.3 Å². The van der Waals surface area contributed by atoms with Crippen molar-refractivity contribution in [3.8, 4) is 0 Å². The van der Waals surface area contributed by atoms with Crippen LogP contribution in [0.4, 0.5) is 5.69 Å². The third-order valence-corrected chi connectivity index (χ3v) is 3.93. The number of halogens is 1. The molecule has 0 aliphatic rings. The predicted molar refractivity (Wildman–Crippen MR) is 71.7 cm³/mol. The van der Waals surface area contributed by atoms with E-state index < -0.39 is 0 Å². The molecule has 1 aromatic carbocycles. The van der Waals surface area contributed by atoms with Gasteiger partial charge in [0.05, 0.1) is 6.61 Å². The van der Waals surface area contributed by atoms with Crippen LogP contribution in [0.2, 0.25) is 0 Å². The maximum absolute atomic E-state index is 9.29. The van der Waals surface area contributed by atoms with Gasteiger partial charge in [0, 0.05) is 27.1 Å². The van der Waals surface area contributed by atoms with Crippen molar-refractivity contribution in [2.75, 3.05) is 5.32 Å². The van der Waals surface area contributed by atoms with E-state index in [1.54, 1.807) is 11.3 Å². The zero-order chi connectivity index (χ0) is 11.4. The number of aliphatic hydroxyl groups excluding tert-OH is 1. The Morgan fingerprint density at radius 3 is 2.81 bits per heavy atom. The molecular weight excluding hydrogens is 286 g/mol. The van der Waals surface area contributed by atoms with Crippen molar-refractivity contribution >= 4 is 33.0 Å². The molecule has 2 N–H and O–H groups in total. The first kappa shape index (κ1) is 11.6. The van der Waals surface area contributed by atoms with E-state index >= 15 is 0 Å². The molecule has 0 bridgehead atoms. The van der Waals surface area contributed by atoms with Gasteiger partial charge >= 0.3 is 0 Å². The van der Waals surface area contributed by atoms with Crippen molar-refractivity contribution < 1.29 is 5.11 Å². The fraction of sp³-hybridized carbons (Fsp3) is 0.167. The molecule has 2 aromatic rings. The Bertz CT molecular complexity index is 456. The molecule has 4 heteroatoms. The predicted octanol–water partition coefficient (Wildman–Crippen LogP) is 3.62. The maximum atomic E-state index is 9.29. The van der Waals surface area contributed by atoms with Gasteiger partial charge in [0.15, 0.2) is 0 Å². The smallest absolute Gasteiger partial charge is 0.0713 e. The van der Waals surface area contributed by atoms with Crippen LogP contribution in [-0.4, -0.2) is 5.11 Å². The molecule has 0 unspecified atom stereocenters. The minimum absolute atomic E-state index is 0.0359. The van der Waals surface area contributed by atoms with Gasteiger partial charge in [-0.2, -0.15) is 0 Å². The number of nitrogens with one attached hydrogen (secondary N) is 1. The van der Waals surface area contributed by atoms with E-state index in [4.69, 9.17) is 0 Å². The SMILES string of the molecule is OCc1c(Br)cccc1NCc1cccs1. The highest BCUT2D eigenvalue weighted by molar-refractivity contribution is 9.10. The molecule has 0 amide bonds. The van der Waals surface area contributed by atoms with Crippen LogP contribution in [0.3, 0.4) is 0 Å². The third-order valence-electron chi connectivity index (χ3n) is 2.31. The van der Waals surface area contributed by atoms with Crippen LogP contribution in [0.1, 0.15) is 10.4 Å². The van der Waals surface area contributed by atoms with Crippen LogP contribution < -0.4 is 5.32 Å². The Labute approximate surface area is 107 Å². The largest absolute Gasteiger partial charge is 0.392 e. The van der Waals surface area contributed by atoms with E-state index in [-0.39, 0.29) is 6.61 Å². The lowest BCUT2D eigenvalue weighted by Gasteiger charge is -2.11.